The van der Waals surface area contributed by atoms with E-state index in [2.05, 4.69) is 9.82 Å². The third kappa shape index (κ3) is 4.15. The van der Waals surface area contributed by atoms with E-state index in [9.17, 15) is 8.42 Å². The molecule has 0 saturated carbocycles. The fourth-order valence-corrected chi connectivity index (χ4v) is 4.58. The lowest BCUT2D eigenvalue weighted by Gasteiger charge is -2.10. The van der Waals surface area contributed by atoms with Crippen LogP contribution in [0.15, 0.2) is 90.0 Å². The first-order valence-corrected chi connectivity index (χ1v) is 10.9. The molecule has 5 nitrogen and oxygen atoms in total. The number of nitrogens with one attached hydrogen (secondary N) is 1. The number of hydrogen-bond acceptors (Lipinski definition) is 3. The molecule has 29 heavy (non-hydrogen) atoms. The van der Waals surface area contributed by atoms with E-state index in [1.54, 1.807) is 10.7 Å². The normalized spacial score (nSPS) is 11.4. The highest BCUT2D eigenvalue weighted by molar-refractivity contribution is 7.92. The Bertz CT molecular complexity index is 1260. The van der Waals surface area contributed by atoms with Gasteiger partial charge in [-0.2, -0.15) is 5.10 Å². The Labute approximate surface area is 178 Å². The molecule has 4 rings (SSSR count). The van der Waals surface area contributed by atoms with E-state index in [1.165, 1.54) is 18.3 Å². The Kier molecular flexibility index (Phi) is 5.32. The standard InChI is InChI=1S/C21H15Cl2N3O2S/c22-16-11-12-19(18(23)13-16)25-29(27,28)20-14-26(17-9-5-2-6-10-17)24-21(20)15-7-3-1-4-8-15/h1-14,25H. The van der Waals surface area contributed by atoms with Crippen molar-refractivity contribution in [3.63, 3.8) is 0 Å². The Morgan fingerprint density at radius 2 is 1.52 bits per heavy atom. The van der Waals surface area contributed by atoms with Crippen LogP contribution in [0.1, 0.15) is 0 Å². The third-order valence-electron chi connectivity index (χ3n) is 4.21. The minimum absolute atomic E-state index is 0.0403. The minimum Gasteiger partial charge on any atom is -0.278 e. The van der Waals surface area contributed by atoms with Gasteiger partial charge in [-0.25, -0.2) is 13.1 Å². The Hall–Kier alpha value is -2.80. The molecule has 4 aromatic rings. The summed E-state index contributed by atoms with van der Waals surface area (Å²) in [6.45, 7) is 0. The summed E-state index contributed by atoms with van der Waals surface area (Å²) in [4.78, 5) is 0.0403. The summed E-state index contributed by atoms with van der Waals surface area (Å²) < 4.78 is 30.5. The molecule has 146 valence electrons. The lowest BCUT2D eigenvalue weighted by Crippen LogP contribution is -2.13. The lowest BCUT2D eigenvalue weighted by atomic mass is 10.2. The van der Waals surface area contributed by atoms with Gasteiger partial charge in [0.2, 0.25) is 0 Å². The molecule has 1 N–H and O–H groups in total. The van der Waals surface area contributed by atoms with Gasteiger partial charge < -0.3 is 0 Å². The van der Waals surface area contributed by atoms with Gasteiger partial charge in [-0.05, 0) is 30.3 Å². The highest BCUT2D eigenvalue weighted by Crippen LogP contribution is 2.31. The van der Waals surface area contributed by atoms with Crippen LogP contribution >= 0.6 is 23.2 Å². The molecule has 0 aliphatic heterocycles. The van der Waals surface area contributed by atoms with Crippen LogP contribution in [0.5, 0.6) is 0 Å². The second-order valence-electron chi connectivity index (χ2n) is 6.22. The van der Waals surface area contributed by atoms with Crippen LogP contribution in [-0.4, -0.2) is 18.2 Å². The quantitative estimate of drug-likeness (QED) is 0.433. The first kappa shape index (κ1) is 19.5. The predicted molar refractivity (Wildman–Crippen MR) is 116 cm³/mol. The summed E-state index contributed by atoms with van der Waals surface area (Å²) in [7, 11) is -3.98. The molecule has 0 amide bonds. The van der Waals surface area contributed by atoms with E-state index in [0.29, 0.717) is 16.3 Å². The Balaban J connectivity index is 1.83. The van der Waals surface area contributed by atoms with E-state index in [4.69, 9.17) is 23.2 Å². The minimum atomic E-state index is -3.98. The number of aromatic nitrogens is 2. The van der Waals surface area contributed by atoms with Crippen molar-refractivity contribution in [2.75, 3.05) is 4.72 Å². The van der Waals surface area contributed by atoms with Gasteiger partial charge in [0.25, 0.3) is 10.0 Å². The number of hydrogen-bond donors (Lipinski definition) is 1. The molecule has 0 bridgehead atoms. The smallest absolute Gasteiger partial charge is 0.265 e. The molecule has 8 heteroatoms. The summed E-state index contributed by atoms with van der Waals surface area (Å²) in [6.07, 6.45) is 1.49. The molecule has 0 unspecified atom stereocenters. The van der Waals surface area contributed by atoms with Crippen molar-refractivity contribution >= 4 is 38.9 Å². The van der Waals surface area contributed by atoms with Gasteiger partial charge in [0.1, 0.15) is 10.6 Å². The molecule has 0 aliphatic carbocycles. The zero-order valence-corrected chi connectivity index (χ0v) is 17.3. The van der Waals surface area contributed by atoms with E-state index in [-0.39, 0.29) is 15.6 Å². The maximum Gasteiger partial charge on any atom is 0.265 e. The largest absolute Gasteiger partial charge is 0.278 e. The first-order chi connectivity index (χ1) is 13.9. The zero-order valence-electron chi connectivity index (χ0n) is 15.0. The van der Waals surface area contributed by atoms with Gasteiger partial charge >= 0.3 is 0 Å². The molecule has 0 saturated heterocycles. The van der Waals surface area contributed by atoms with Crippen molar-refractivity contribution in [3.8, 4) is 16.9 Å². The third-order valence-corrected chi connectivity index (χ3v) is 6.13. The lowest BCUT2D eigenvalue weighted by molar-refractivity contribution is 0.601. The monoisotopic (exact) mass is 443 g/mol. The van der Waals surface area contributed by atoms with Crippen molar-refractivity contribution in [1.29, 1.82) is 0 Å². The zero-order chi connectivity index (χ0) is 20.4. The van der Waals surface area contributed by atoms with E-state index in [0.717, 1.165) is 5.69 Å². The van der Waals surface area contributed by atoms with Gasteiger partial charge in [0, 0.05) is 10.6 Å². The summed E-state index contributed by atoms with van der Waals surface area (Å²) >= 11 is 12.1. The first-order valence-electron chi connectivity index (χ1n) is 8.62. The van der Waals surface area contributed by atoms with Gasteiger partial charge in [-0.15, -0.1) is 0 Å². The number of benzene rings is 3. The van der Waals surface area contributed by atoms with Gasteiger partial charge in [-0.3, -0.25) is 4.72 Å². The molecule has 0 atom stereocenters. The van der Waals surface area contributed by atoms with Crippen molar-refractivity contribution in [2.45, 2.75) is 4.90 Å². The van der Waals surface area contributed by atoms with E-state index in [1.807, 2.05) is 60.7 Å². The second kappa shape index (κ2) is 7.91. The average molecular weight is 444 g/mol. The van der Waals surface area contributed by atoms with Crippen LogP contribution in [0.2, 0.25) is 10.0 Å². The number of para-hydroxylation sites is 1. The predicted octanol–water partition coefficient (Wildman–Crippen LogP) is 5.65. The number of rotatable bonds is 5. The van der Waals surface area contributed by atoms with E-state index >= 15 is 0 Å². The van der Waals surface area contributed by atoms with Gasteiger partial charge in [-0.1, -0.05) is 71.7 Å². The van der Waals surface area contributed by atoms with Gasteiger partial charge in [0.05, 0.1) is 22.6 Å². The van der Waals surface area contributed by atoms with Crippen LogP contribution in [0.25, 0.3) is 16.9 Å². The number of halogens is 2. The van der Waals surface area contributed by atoms with Crippen LogP contribution < -0.4 is 4.72 Å². The Morgan fingerprint density at radius 1 is 0.862 bits per heavy atom. The summed E-state index contributed by atoms with van der Waals surface area (Å²) in [5.74, 6) is 0. The van der Waals surface area contributed by atoms with Crippen LogP contribution in [0, 0.1) is 0 Å². The molecule has 3 aromatic carbocycles. The molecular formula is C21H15Cl2N3O2S. The number of nitrogens with zero attached hydrogens (tertiary/aromatic N) is 2. The molecule has 0 fully saturated rings. The van der Waals surface area contributed by atoms with Crippen LogP contribution in [0.3, 0.4) is 0 Å². The van der Waals surface area contributed by atoms with Crippen molar-refractivity contribution in [1.82, 2.24) is 9.78 Å². The second-order valence-corrected chi connectivity index (χ2v) is 8.71. The summed E-state index contributed by atoms with van der Waals surface area (Å²) in [6, 6.07) is 23.0. The fraction of sp³-hybridized carbons (Fsp3) is 0. The van der Waals surface area contributed by atoms with E-state index < -0.39 is 10.0 Å². The molecule has 1 heterocycles. The number of anilines is 1. The maximum atomic E-state index is 13.2. The topological polar surface area (TPSA) is 64.0 Å². The summed E-state index contributed by atoms with van der Waals surface area (Å²) in [5, 5.41) is 5.16. The molecular weight excluding hydrogens is 429 g/mol. The van der Waals surface area contributed by atoms with Crippen LogP contribution in [0.4, 0.5) is 5.69 Å². The molecule has 0 radical (unpaired) electrons. The van der Waals surface area contributed by atoms with Crippen LogP contribution in [-0.2, 0) is 10.0 Å². The summed E-state index contributed by atoms with van der Waals surface area (Å²) in [5.41, 5.74) is 2.01. The molecule has 1 aromatic heterocycles. The highest BCUT2D eigenvalue weighted by Gasteiger charge is 2.25. The SMILES string of the molecule is O=S(=O)(Nc1ccc(Cl)cc1Cl)c1cn(-c2ccccc2)nc1-c1ccccc1. The molecule has 0 aliphatic rings. The average Bonchev–Trinajstić information content (AvgIpc) is 3.18. The van der Waals surface area contributed by atoms with Crippen molar-refractivity contribution < 1.29 is 8.42 Å². The number of sulfonamides is 1. The van der Waals surface area contributed by atoms with Gasteiger partial charge in [0.15, 0.2) is 0 Å². The van der Waals surface area contributed by atoms with Crippen molar-refractivity contribution in [3.05, 3.63) is 95.1 Å². The maximum absolute atomic E-state index is 13.2. The Morgan fingerprint density at radius 3 is 2.17 bits per heavy atom. The van der Waals surface area contributed by atoms with Crippen molar-refractivity contribution in [2.24, 2.45) is 0 Å². The molecule has 0 spiro atoms. The highest BCUT2D eigenvalue weighted by atomic mass is 35.5. The fourth-order valence-electron chi connectivity index (χ4n) is 2.84.